The number of benzene rings is 1. The number of amides is 1. The van der Waals surface area contributed by atoms with Gasteiger partial charge in [-0.3, -0.25) is 14.4 Å². The Morgan fingerprint density at radius 1 is 1.13 bits per heavy atom. The highest BCUT2D eigenvalue weighted by Gasteiger charge is 2.42. The molecule has 0 spiro atoms. The second kappa shape index (κ2) is 11.3. The minimum absolute atomic E-state index is 0.00350. The zero-order chi connectivity index (χ0) is 26.9. The van der Waals surface area contributed by atoms with E-state index in [2.05, 4.69) is 0 Å². The average molecular weight is 533 g/mol. The number of likely N-dealkylation sites (tertiary alicyclic amines) is 2. The molecule has 1 aromatic carbocycles. The Labute approximate surface area is 222 Å². The Balaban J connectivity index is 1.22. The van der Waals surface area contributed by atoms with Crippen LogP contribution in [-0.2, 0) is 24.2 Å². The second-order valence-corrected chi connectivity index (χ2v) is 11.0. The lowest BCUT2D eigenvalue weighted by atomic mass is 9.91. The number of carbonyl (C=O) groups excluding carboxylic acids is 1. The van der Waals surface area contributed by atoms with E-state index in [9.17, 15) is 23.8 Å². The molecule has 2 aliphatic heterocycles. The maximum atomic E-state index is 13.2. The first kappa shape index (κ1) is 27.0. The van der Waals surface area contributed by atoms with Gasteiger partial charge in [-0.05, 0) is 57.1 Å². The van der Waals surface area contributed by atoms with Gasteiger partial charge in [0, 0.05) is 50.3 Å². The fraction of sp³-hybridized carbons (Fsp3) is 0.643. The molecule has 8 nitrogen and oxygen atoms in total. The van der Waals surface area contributed by atoms with E-state index in [-0.39, 0.29) is 44.5 Å². The molecule has 1 unspecified atom stereocenters. The number of aliphatic hydroxyl groups excluding tert-OH is 1. The van der Waals surface area contributed by atoms with Crippen molar-refractivity contribution in [3.05, 3.63) is 46.8 Å². The van der Waals surface area contributed by atoms with Gasteiger partial charge in [0.25, 0.3) is 6.43 Å². The summed E-state index contributed by atoms with van der Waals surface area (Å²) < 4.78 is 34.3. The van der Waals surface area contributed by atoms with Crippen LogP contribution in [0, 0.1) is 6.92 Å². The summed E-state index contributed by atoms with van der Waals surface area (Å²) in [7, 11) is 0. The van der Waals surface area contributed by atoms with Crippen LogP contribution in [0.1, 0.15) is 67.3 Å². The lowest BCUT2D eigenvalue weighted by molar-refractivity contribution is -0.144. The molecule has 3 heterocycles. The molecule has 1 aromatic heterocycles. The molecular weight excluding hydrogens is 494 g/mol. The molecule has 3 aliphatic rings. The van der Waals surface area contributed by atoms with E-state index < -0.39 is 18.3 Å². The van der Waals surface area contributed by atoms with Gasteiger partial charge in [0.15, 0.2) is 6.23 Å². The van der Waals surface area contributed by atoms with Crippen molar-refractivity contribution in [2.45, 2.75) is 89.2 Å². The van der Waals surface area contributed by atoms with E-state index in [1.165, 1.54) is 0 Å². The van der Waals surface area contributed by atoms with Crippen molar-refractivity contribution in [2.75, 3.05) is 26.2 Å². The fourth-order valence-electron chi connectivity index (χ4n) is 5.91. The van der Waals surface area contributed by atoms with Gasteiger partial charge in [0.1, 0.15) is 29.7 Å². The standard InChI is InChI=1S/C28H38F2N4O4/c1-19-6-2-5-9-23(19)38-20-10-14-32(15-11-20)24(35)18-34-22-8-4-3-7-21(22)25(31-34)26(36)33-16-12-28(37,13-17-33)27(29)30/h2,5-6,9,20,26-27,36-37H,3-4,7-8,10-18H2,1H3. The number of para-hydroxylation sites is 1. The lowest BCUT2D eigenvalue weighted by Gasteiger charge is -2.39. The molecule has 10 heteroatoms. The molecular formula is C28H38F2N4O4. The number of piperidine rings is 2. The summed E-state index contributed by atoms with van der Waals surface area (Å²) >= 11 is 0. The molecule has 2 saturated heterocycles. The molecule has 0 bridgehead atoms. The van der Waals surface area contributed by atoms with E-state index in [0.29, 0.717) is 18.8 Å². The van der Waals surface area contributed by atoms with Crippen molar-refractivity contribution < 1.29 is 28.5 Å². The summed E-state index contributed by atoms with van der Waals surface area (Å²) in [4.78, 5) is 16.8. The molecule has 1 atom stereocenters. The topological polar surface area (TPSA) is 91.1 Å². The van der Waals surface area contributed by atoms with E-state index >= 15 is 0 Å². The first-order valence-electron chi connectivity index (χ1n) is 13.8. The largest absolute Gasteiger partial charge is 0.490 e. The molecule has 38 heavy (non-hydrogen) atoms. The number of aliphatic hydroxyl groups is 2. The summed E-state index contributed by atoms with van der Waals surface area (Å²) in [6, 6.07) is 7.95. The Hall–Kier alpha value is -2.56. The van der Waals surface area contributed by atoms with Gasteiger partial charge in [0.05, 0.1) is 0 Å². The molecule has 0 saturated carbocycles. The highest BCUT2D eigenvalue weighted by molar-refractivity contribution is 5.76. The number of aromatic nitrogens is 2. The maximum Gasteiger partial charge on any atom is 0.266 e. The lowest BCUT2D eigenvalue weighted by Crippen LogP contribution is -2.49. The Morgan fingerprint density at radius 2 is 1.82 bits per heavy atom. The number of hydrogen-bond donors (Lipinski definition) is 2. The summed E-state index contributed by atoms with van der Waals surface area (Å²) in [5, 5.41) is 26.0. The smallest absolute Gasteiger partial charge is 0.266 e. The van der Waals surface area contributed by atoms with Gasteiger partial charge >= 0.3 is 0 Å². The number of fused-ring (bicyclic) bond motifs is 1. The summed E-state index contributed by atoms with van der Waals surface area (Å²) in [6.07, 6.45) is 1.08. The molecule has 208 valence electrons. The molecule has 5 rings (SSSR count). The van der Waals surface area contributed by atoms with Gasteiger partial charge in [-0.1, -0.05) is 18.2 Å². The number of alkyl halides is 2. The normalized spacial score (nSPS) is 21.4. The van der Waals surface area contributed by atoms with Crippen LogP contribution >= 0.6 is 0 Å². The van der Waals surface area contributed by atoms with Crippen LogP contribution in [0.15, 0.2) is 24.3 Å². The fourth-order valence-corrected chi connectivity index (χ4v) is 5.91. The Bertz CT molecular complexity index is 1120. The van der Waals surface area contributed by atoms with Crippen LogP contribution in [0.2, 0.25) is 0 Å². The zero-order valence-electron chi connectivity index (χ0n) is 22.0. The predicted molar refractivity (Wildman–Crippen MR) is 137 cm³/mol. The SMILES string of the molecule is Cc1ccccc1OC1CCN(C(=O)Cn2nc(C(O)N3CCC(O)(C(F)F)CC3)c3c2CCCC3)CC1. The third-order valence-corrected chi connectivity index (χ3v) is 8.42. The number of hydrogen-bond acceptors (Lipinski definition) is 6. The van der Waals surface area contributed by atoms with Crippen molar-refractivity contribution in [3.63, 3.8) is 0 Å². The molecule has 1 aliphatic carbocycles. The van der Waals surface area contributed by atoms with Gasteiger partial charge in [-0.2, -0.15) is 5.10 Å². The quantitative estimate of drug-likeness (QED) is 0.569. The van der Waals surface area contributed by atoms with Gasteiger partial charge in [-0.15, -0.1) is 0 Å². The van der Waals surface area contributed by atoms with E-state index in [0.717, 1.165) is 61.1 Å². The van der Waals surface area contributed by atoms with Gasteiger partial charge in [0.2, 0.25) is 5.91 Å². The van der Waals surface area contributed by atoms with Crippen molar-refractivity contribution in [1.29, 1.82) is 0 Å². The summed E-state index contributed by atoms with van der Waals surface area (Å²) in [6.45, 7) is 3.69. The maximum absolute atomic E-state index is 13.2. The van der Waals surface area contributed by atoms with Crippen LogP contribution < -0.4 is 4.74 Å². The highest BCUT2D eigenvalue weighted by Crippen LogP contribution is 2.35. The number of rotatable bonds is 7. The summed E-state index contributed by atoms with van der Waals surface area (Å²) in [5.41, 5.74) is 1.57. The number of nitrogens with zero attached hydrogens (tertiary/aromatic N) is 4. The van der Waals surface area contributed by atoms with E-state index in [4.69, 9.17) is 9.84 Å². The number of halogens is 2. The van der Waals surface area contributed by atoms with Crippen molar-refractivity contribution in [3.8, 4) is 5.75 Å². The van der Waals surface area contributed by atoms with Crippen LogP contribution in [0.4, 0.5) is 8.78 Å². The minimum Gasteiger partial charge on any atom is -0.490 e. The van der Waals surface area contributed by atoms with E-state index in [1.54, 1.807) is 9.58 Å². The second-order valence-electron chi connectivity index (χ2n) is 11.0. The van der Waals surface area contributed by atoms with Crippen molar-refractivity contribution >= 4 is 5.91 Å². The zero-order valence-corrected chi connectivity index (χ0v) is 22.0. The predicted octanol–water partition coefficient (Wildman–Crippen LogP) is 3.22. The Kier molecular flexibility index (Phi) is 8.02. The van der Waals surface area contributed by atoms with Gasteiger partial charge in [-0.25, -0.2) is 8.78 Å². The summed E-state index contributed by atoms with van der Waals surface area (Å²) in [5.74, 6) is 0.885. The van der Waals surface area contributed by atoms with Gasteiger partial charge < -0.3 is 19.8 Å². The third-order valence-electron chi connectivity index (χ3n) is 8.42. The molecule has 2 fully saturated rings. The molecule has 1 amide bonds. The molecule has 2 N–H and O–H groups in total. The highest BCUT2D eigenvalue weighted by atomic mass is 19.3. The van der Waals surface area contributed by atoms with Crippen LogP contribution in [0.5, 0.6) is 5.75 Å². The van der Waals surface area contributed by atoms with Crippen LogP contribution in [0.25, 0.3) is 0 Å². The molecule has 2 aromatic rings. The third kappa shape index (κ3) is 5.58. The van der Waals surface area contributed by atoms with Crippen molar-refractivity contribution in [2.24, 2.45) is 0 Å². The molecule has 0 radical (unpaired) electrons. The Morgan fingerprint density at radius 3 is 2.50 bits per heavy atom. The number of aryl methyl sites for hydroxylation is 1. The van der Waals surface area contributed by atoms with Crippen LogP contribution in [-0.4, -0.2) is 80.0 Å². The first-order chi connectivity index (χ1) is 18.2. The number of ether oxygens (including phenoxy) is 1. The van der Waals surface area contributed by atoms with E-state index in [1.807, 2.05) is 36.1 Å². The number of carbonyl (C=O) groups is 1. The monoisotopic (exact) mass is 532 g/mol. The van der Waals surface area contributed by atoms with Crippen LogP contribution in [0.3, 0.4) is 0 Å². The average Bonchev–Trinajstić information content (AvgIpc) is 3.28. The van der Waals surface area contributed by atoms with Crippen molar-refractivity contribution in [1.82, 2.24) is 19.6 Å². The minimum atomic E-state index is -2.81. The first-order valence-corrected chi connectivity index (χ1v) is 13.8.